The van der Waals surface area contributed by atoms with Crippen LogP contribution in [0.4, 0.5) is 16.2 Å². The highest BCUT2D eigenvalue weighted by atomic mass is 16.5. The number of urea groups is 1. The molecule has 0 unspecified atom stereocenters. The van der Waals surface area contributed by atoms with Crippen LogP contribution in [0.3, 0.4) is 0 Å². The second kappa shape index (κ2) is 7.91. The summed E-state index contributed by atoms with van der Waals surface area (Å²) in [5.74, 6) is 0.449. The van der Waals surface area contributed by atoms with Gasteiger partial charge in [-0.3, -0.25) is 9.69 Å². The summed E-state index contributed by atoms with van der Waals surface area (Å²) in [6.45, 7) is 3.10. The molecule has 3 amide bonds. The molecule has 0 saturated carbocycles. The molecule has 2 aromatic rings. The number of methoxy groups -OCH3 is 1. The summed E-state index contributed by atoms with van der Waals surface area (Å²) in [6.07, 6.45) is 0.834. The molecule has 0 spiro atoms. The van der Waals surface area contributed by atoms with Crippen LogP contribution in [0.15, 0.2) is 48.5 Å². The van der Waals surface area contributed by atoms with E-state index >= 15 is 0 Å². The van der Waals surface area contributed by atoms with Crippen molar-refractivity contribution < 1.29 is 14.3 Å². The van der Waals surface area contributed by atoms with E-state index < -0.39 is 0 Å². The smallest absolute Gasteiger partial charge is 0.325 e. The summed E-state index contributed by atoms with van der Waals surface area (Å²) in [5, 5.41) is 2.91. The zero-order valence-corrected chi connectivity index (χ0v) is 15.1. The van der Waals surface area contributed by atoms with Gasteiger partial charge in [0, 0.05) is 18.8 Å². The van der Waals surface area contributed by atoms with Crippen molar-refractivity contribution in [3.8, 4) is 5.75 Å². The van der Waals surface area contributed by atoms with Crippen molar-refractivity contribution >= 4 is 23.3 Å². The van der Waals surface area contributed by atoms with Crippen molar-refractivity contribution in [2.45, 2.75) is 13.3 Å². The van der Waals surface area contributed by atoms with E-state index in [0.29, 0.717) is 18.8 Å². The van der Waals surface area contributed by atoms with Crippen molar-refractivity contribution in [2.24, 2.45) is 0 Å². The molecular weight excluding hydrogens is 330 g/mol. The van der Waals surface area contributed by atoms with Crippen LogP contribution in [0.25, 0.3) is 0 Å². The van der Waals surface area contributed by atoms with E-state index in [1.165, 1.54) is 0 Å². The van der Waals surface area contributed by atoms with E-state index in [4.69, 9.17) is 4.74 Å². The molecule has 1 N–H and O–H groups in total. The number of hydrogen-bond acceptors (Lipinski definition) is 3. The second-order valence-corrected chi connectivity index (χ2v) is 6.09. The highest BCUT2D eigenvalue weighted by Gasteiger charge is 2.32. The third-order valence-electron chi connectivity index (χ3n) is 4.48. The molecule has 0 atom stereocenters. The van der Waals surface area contributed by atoms with E-state index in [0.717, 1.165) is 23.4 Å². The van der Waals surface area contributed by atoms with Gasteiger partial charge in [0.1, 0.15) is 12.3 Å². The first-order chi connectivity index (χ1) is 12.6. The fourth-order valence-corrected chi connectivity index (χ4v) is 3.12. The van der Waals surface area contributed by atoms with Crippen LogP contribution < -0.4 is 15.0 Å². The molecule has 1 saturated heterocycles. The Bertz CT molecular complexity index is 806. The standard InChI is InChI=1S/C20H23N3O3/c1-3-15-8-4-5-9-16(15)21-19(24)14-22-12-13-23(20(22)25)17-10-6-7-11-18(17)26-2/h4-11H,3,12-14H2,1-2H3,(H,21,24). The van der Waals surface area contributed by atoms with Gasteiger partial charge in [0.05, 0.1) is 12.8 Å². The summed E-state index contributed by atoms with van der Waals surface area (Å²) >= 11 is 0. The maximum Gasteiger partial charge on any atom is 0.325 e. The van der Waals surface area contributed by atoms with Gasteiger partial charge in [0.25, 0.3) is 0 Å². The lowest BCUT2D eigenvalue weighted by atomic mass is 10.1. The molecule has 1 aliphatic heterocycles. The summed E-state index contributed by atoms with van der Waals surface area (Å²) in [7, 11) is 1.58. The van der Waals surface area contributed by atoms with E-state index in [9.17, 15) is 9.59 Å². The number of hydrogen-bond donors (Lipinski definition) is 1. The zero-order valence-electron chi connectivity index (χ0n) is 15.1. The third kappa shape index (κ3) is 3.64. The number of rotatable bonds is 6. The average Bonchev–Trinajstić information content (AvgIpc) is 3.02. The number of nitrogens with one attached hydrogen (secondary N) is 1. The van der Waals surface area contributed by atoms with Crippen molar-refractivity contribution in [1.82, 2.24) is 4.90 Å². The molecule has 2 aromatic carbocycles. The van der Waals surface area contributed by atoms with Gasteiger partial charge in [-0.1, -0.05) is 37.3 Å². The molecule has 0 radical (unpaired) electrons. The summed E-state index contributed by atoms with van der Waals surface area (Å²) in [4.78, 5) is 28.3. The van der Waals surface area contributed by atoms with E-state index in [-0.39, 0.29) is 18.5 Å². The van der Waals surface area contributed by atoms with Crippen LogP contribution in [0.2, 0.25) is 0 Å². The van der Waals surface area contributed by atoms with Gasteiger partial charge in [-0.2, -0.15) is 0 Å². The minimum absolute atomic E-state index is 0.0303. The largest absolute Gasteiger partial charge is 0.495 e. The molecule has 0 aliphatic carbocycles. The number of carbonyl (C=O) groups excluding carboxylic acids is 2. The molecule has 6 nitrogen and oxygen atoms in total. The van der Waals surface area contributed by atoms with Crippen molar-refractivity contribution in [2.75, 3.05) is 37.0 Å². The fourth-order valence-electron chi connectivity index (χ4n) is 3.12. The molecule has 1 heterocycles. The maximum absolute atomic E-state index is 12.7. The van der Waals surface area contributed by atoms with Gasteiger partial charge in [0.2, 0.25) is 5.91 Å². The van der Waals surface area contributed by atoms with E-state index in [2.05, 4.69) is 5.32 Å². The van der Waals surface area contributed by atoms with Gasteiger partial charge in [-0.05, 0) is 30.2 Å². The normalized spacial score (nSPS) is 13.8. The van der Waals surface area contributed by atoms with Crippen LogP contribution in [-0.2, 0) is 11.2 Å². The Balaban J connectivity index is 1.66. The van der Waals surface area contributed by atoms with Gasteiger partial charge in [0.15, 0.2) is 0 Å². The van der Waals surface area contributed by atoms with Gasteiger partial charge >= 0.3 is 6.03 Å². The lowest BCUT2D eigenvalue weighted by molar-refractivity contribution is -0.116. The highest BCUT2D eigenvalue weighted by molar-refractivity contribution is 6.00. The maximum atomic E-state index is 12.7. The molecule has 3 rings (SSSR count). The van der Waals surface area contributed by atoms with Crippen molar-refractivity contribution in [1.29, 1.82) is 0 Å². The minimum atomic E-state index is -0.193. The van der Waals surface area contributed by atoms with Gasteiger partial charge in [-0.25, -0.2) is 4.79 Å². The molecule has 26 heavy (non-hydrogen) atoms. The Morgan fingerprint density at radius 2 is 1.85 bits per heavy atom. The molecule has 0 aromatic heterocycles. The number of anilines is 2. The Kier molecular flexibility index (Phi) is 5.41. The average molecular weight is 353 g/mol. The Morgan fingerprint density at radius 3 is 2.62 bits per heavy atom. The first kappa shape index (κ1) is 17.8. The summed E-state index contributed by atoms with van der Waals surface area (Å²) in [5.41, 5.74) is 2.59. The van der Waals surface area contributed by atoms with Crippen molar-refractivity contribution in [3.05, 3.63) is 54.1 Å². The number of aryl methyl sites for hydroxylation is 1. The molecule has 1 fully saturated rings. The summed E-state index contributed by atoms with van der Waals surface area (Å²) in [6, 6.07) is 14.9. The number of benzene rings is 2. The van der Waals surface area contributed by atoms with Crippen LogP contribution in [0.5, 0.6) is 5.75 Å². The molecule has 0 bridgehead atoms. The first-order valence-corrected chi connectivity index (χ1v) is 8.71. The van der Waals surface area contributed by atoms with Crippen molar-refractivity contribution in [3.63, 3.8) is 0 Å². The van der Waals surface area contributed by atoms with Crippen LogP contribution in [0.1, 0.15) is 12.5 Å². The van der Waals surface area contributed by atoms with Gasteiger partial charge in [-0.15, -0.1) is 0 Å². The summed E-state index contributed by atoms with van der Waals surface area (Å²) < 4.78 is 5.34. The van der Waals surface area contributed by atoms with E-state index in [1.807, 2.05) is 55.5 Å². The van der Waals surface area contributed by atoms with Crippen LogP contribution >= 0.6 is 0 Å². The predicted molar refractivity (Wildman–Crippen MR) is 102 cm³/mol. The predicted octanol–water partition coefficient (Wildman–Crippen LogP) is 3.14. The lowest BCUT2D eigenvalue weighted by Gasteiger charge is -2.20. The monoisotopic (exact) mass is 353 g/mol. The van der Waals surface area contributed by atoms with Gasteiger partial charge < -0.3 is 15.0 Å². The van der Waals surface area contributed by atoms with Crippen LogP contribution in [0, 0.1) is 0 Å². The Labute approximate surface area is 153 Å². The number of amides is 3. The number of para-hydroxylation sites is 3. The molecular formula is C20H23N3O3. The second-order valence-electron chi connectivity index (χ2n) is 6.09. The zero-order chi connectivity index (χ0) is 18.5. The lowest BCUT2D eigenvalue weighted by Crippen LogP contribution is -2.37. The molecule has 1 aliphatic rings. The Hall–Kier alpha value is -3.02. The minimum Gasteiger partial charge on any atom is -0.495 e. The molecule has 6 heteroatoms. The van der Waals surface area contributed by atoms with E-state index in [1.54, 1.807) is 16.9 Å². The topological polar surface area (TPSA) is 61.9 Å². The van der Waals surface area contributed by atoms with Crippen LogP contribution in [-0.4, -0.2) is 43.6 Å². The highest BCUT2D eigenvalue weighted by Crippen LogP contribution is 2.30. The third-order valence-corrected chi connectivity index (χ3v) is 4.48. The number of carbonyl (C=O) groups is 2. The number of ether oxygens (including phenoxy) is 1. The Morgan fingerprint density at radius 1 is 1.12 bits per heavy atom. The number of nitrogens with zero attached hydrogens (tertiary/aromatic N) is 2. The first-order valence-electron chi connectivity index (χ1n) is 8.71. The quantitative estimate of drug-likeness (QED) is 0.868. The molecule has 136 valence electrons. The fraction of sp³-hybridized carbons (Fsp3) is 0.300. The SMILES string of the molecule is CCc1ccccc1NC(=O)CN1CCN(c2ccccc2OC)C1=O.